The first-order valence-corrected chi connectivity index (χ1v) is 8.42. The van der Waals surface area contributed by atoms with Gasteiger partial charge in [-0.1, -0.05) is 32.3 Å². The van der Waals surface area contributed by atoms with Crippen LogP contribution in [0.15, 0.2) is 28.8 Å². The Morgan fingerprint density at radius 3 is 2.62 bits per heavy atom. The first kappa shape index (κ1) is 16.0. The molecule has 1 saturated carbocycles. The summed E-state index contributed by atoms with van der Waals surface area (Å²) in [6.45, 7) is 5.34. The van der Waals surface area contributed by atoms with Gasteiger partial charge in [0, 0.05) is 16.5 Å². The fourth-order valence-corrected chi connectivity index (χ4v) is 3.94. The summed E-state index contributed by atoms with van der Waals surface area (Å²) in [6.07, 6.45) is 9.73. The van der Waals surface area contributed by atoms with E-state index in [0.29, 0.717) is 0 Å². The van der Waals surface area contributed by atoms with Gasteiger partial charge in [-0.15, -0.1) is 11.3 Å². The van der Waals surface area contributed by atoms with Crippen molar-refractivity contribution in [2.75, 3.05) is 0 Å². The minimum Gasteiger partial charge on any atom is -0.503 e. The van der Waals surface area contributed by atoms with E-state index in [0.717, 1.165) is 19.3 Å². The topological polar surface area (TPSA) is 49.7 Å². The summed E-state index contributed by atoms with van der Waals surface area (Å²) in [7, 11) is 0. The summed E-state index contributed by atoms with van der Waals surface area (Å²) >= 11 is 1.78. The molecule has 1 aliphatic carbocycles. The number of hydrogen-bond donors (Lipinski definition) is 1. The number of amides is 1. The van der Waals surface area contributed by atoms with Crippen LogP contribution in [0.1, 0.15) is 55.4 Å². The van der Waals surface area contributed by atoms with Crippen molar-refractivity contribution < 1.29 is 9.90 Å². The molecule has 1 fully saturated rings. The molecule has 0 aromatic carbocycles. The van der Waals surface area contributed by atoms with Crippen LogP contribution in [0.2, 0.25) is 0 Å². The Bertz CT molecular complexity index is 537. The second-order valence-corrected chi connectivity index (χ2v) is 7.02. The molecule has 3 nitrogen and oxygen atoms in total. The number of carbonyl (C=O) groups is 1. The van der Waals surface area contributed by atoms with Crippen molar-refractivity contribution in [2.45, 2.75) is 57.3 Å². The molecule has 1 amide bonds. The van der Waals surface area contributed by atoms with Crippen LogP contribution in [0.4, 0.5) is 0 Å². The lowest BCUT2D eigenvalue weighted by Gasteiger charge is -2.31. The van der Waals surface area contributed by atoms with E-state index in [1.54, 1.807) is 17.6 Å². The van der Waals surface area contributed by atoms with Crippen molar-refractivity contribution in [3.05, 3.63) is 34.2 Å². The van der Waals surface area contributed by atoms with Gasteiger partial charge in [-0.05, 0) is 43.2 Å². The minimum absolute atomic E-state index is 0.0990. The van der Waals surface area contributed by atoms with Crippen LogP contribution in [-0.4, -0.2) is 17.2 Å². The first-order valence-electron chi connectivity index (χ1n) is 7.54. The highest BCUT2D eigenvalue weighted by molar-refractivity contribution is 7.10. The normalized spacial score (nSPS) is 18.5. The molecule has 114 valence electrons. The predicted molar refractivity (Wildman–Crippen MR) is 88.3 cm³/mol. The molecular weight excluding hydrogens is 282 g/mol. The van der Waals surface area contributed by atoms with Gasteiger partial charge >= 0.3 is 5.91 Å². The first-order chi connectivity index (χ1) is 10.0. The highest BCUT2D eigenvalue weighted by Crippen LogP contribution is 2.42. The van der Waals surface area contributed by atoms with Gasteiger partial charge < -0.3 is 5.11 Å². The van der Waals surface area contributed by atoms with Crippen LogP contribution in [0.3, 0.4) is 0 Å². The van der Waals surface area contributed by atoms with E-state index in [9.17, 15) is 4.79 Å². The SMILES string of the molecule is C=C(O)C(=O)N=CCC1(c2csc(C)c2)CCCCCC1. The Morgan fingerprint density at radius 1 is 1.43 bits per heavy atom. The number of aliphatic imine (C=N–C) groups is 1. The van der Waals surface area contributed by atoms with E-state index in [1.807, 2.05) is 0 Å². The Hall–Kier alpha value is -1.42. The molecule has 1 aromatic rings. The average molecular weight is 305 g/mol. The zero-order valence-corrected chi connectivity index (χ0v) is 13.4. The van der Waals surface area contributed by atoms with Gasteiger partial charge in [0.2, 0.25) is 0 Å². The quantitative estimate of drug-likeness (QED) is 0.379. The van der Waals surface area contributed by atoms with Gasteiger partial charge in [0.15, 0.2) is 5.76 Å². The van der Waals surface area contributed by atoms with Crippen molar-refractivity contribution in [1.82, 2.24) is 0 Å². The molecule has 1 aliphatic rings. The average Bonchev–Trinajstić information content (AvgIpc) is 2.74. The summed E-state index contributed by atoms with van der Waals surface area (Å²) in [5.41, 5.74) is 1.48. The third-order valence-corrected chi connectivity index (χ3v) is 5.20. The Balaban J connectivity index is 2.19. The summed E-state index contributed by atoms with van der Waals surface area (Å²) in [5.74, 6) is -1.13. The van der Waals surface area contributed by atoms with Gasteiger partial charge in [-0.2, -0.15) is 0 Å². The predicted octanol–water partition coefficient (Wildman–Crippen LogP) is 4.71. The summed E-state index contributed by atoms with van der Waals surface area (Å²) < 4.78 is 0. The molecule has 0 unspecified atom stereocenters. The van der Waals surface area contributed by atoms with Gasteiger partial charge in [-0.25, -0.2) is 4.99 Å². The van der Waals surface area contributed by atoms with Crippen molar-refractivity contribution >= 4 is 23.5 Å². The second-order valence-electron chi connectivity index (χ2n) is 5.91. The van der Waals surface area contributed by atoms with E-state index in [-0.39, 0.29) is 5.41 Å². The highest BCUT2D eigenvalue weighted by Gasteiger charge is 2.32. The van der Waals surface area contributed by atoms with Crippen molar-refractivity contribution in [2.24, 2.45) is 4.99 Å². The maximum Gasteiger partial charge on any atom is 0.310 e. The molecule has 1 aromatic heterocycles. The van der Waals surface area contributed by atoms with E-state index >= 15 is 0 Å². The summed E-state index contributed by atoms with van der Waals surface area (Å²) in [5, 5.41) is 11.3. The van der Waals surface area contributed by atoms with Crippen LogP contribution >= 0.6 is 11.3 Å². The molecule has 0 radical (unpaired) electrons. The number of aliphatic hydroxyl groups is 1. The lowest BCUT2D eigenvalue weighted by molar-refractivity contribution is -0.116. The largest absolute Gasteiger partial charge is 0.503 e. The molecule has 1 N–H and O–H groups in total. The summed E-state index contributed by atoms with van der Waals surface area (Å²) in [6, 6.07) is 2.27. The van der Waals surface area contributed by atoms with Crippen LogP contribution in [-0.2, 0) is 10.2 Å². The minimum atomic E-state index is -0.639. The Labute approximate surface area is 130 Å². The maximum atomic E-state index is 11.4. The van der Waals surface area contributed by atoms with E-state index in [1.165, 1.54) is 36.1 Å². The maximum absolute atomic E-state index is 11.4. The van der Waals surface area contributed by atoms with Crippen molar-refractivity contribution in [3.63, 3.8) is 0 Å². The third-order valence-electron chi connectivity index (χ3n) is 4.34. The van der Waals surface area contributed by atoms with Crippen molar-refractivity contribution in [3.8, 4) is 0 Å². The van der Waals surface area contributed by atoms with Crippen LogP contribution < -0.4 is 0 Å². The fraction of sp³-hybridized carbons (Fsp3) is 0.529. The molecular formula is C17H23NO2S. The molecule has 0 spiro atoms. The number of nitrogens with zero attached hydrogens (tertiary/aromatic N) is 1. The molecule has 0 atom stereocenters. The number of thiophene rings is 1. The number of aryl methyl sites for hydroxylation is 1. The number of carbonyl (C=O) groups excluding carboxylic acids is 1. The third kappa shape index (κ3) is 4.03. The number of aliphatic hydroxyl groups excluding tert-OH is 1. The highest BCUT2D eigenvalue weighted by atomic mass is 32.1. The molecule has 0 aliphatic heterocycles. The number of rotatable bonds is 4. The summed E-state index contributed by atoms with van der Waals surface area (Å²) in [4.78, 5) is 16.5. The van der Waals surface area contributed by atoms with E-state index < -0.39 is 11.7 Å². The molecule has 4 heteroatoms. The molecule has 0 bridgehead atoms. The standard InChI is InChI=1S/C17H23NO2S/c1-13-11-15(12-21-13)17(7-5-3-4-6-8-17)9-10-18-16(20)14(2)19/h10-12,19H,2-9H2,1H3. The van der Waals surface area contributed by atoms with Crippen molar-refractivity contribution in [1.29, 1.82) is 0 Å². The smallest absolute Gasteiger partial charge is 0.310 e. The molecule has 21 heavy (non-hydrogen) atoms. The van der Waals surface area contributed by atoms with Crippen LogP contribution in [0.5, 0.6) is 0 Å². The zero-order valence-electron chi connectivity index (χ0n) is 12.6. The molecule has 2 rings (SSSR count). The van der Waals surface area contributed by atoms with Crippen LogP contribution in [0.25, 0.3) is 0 Å². The lowest BCUT2D eigenvalue weighted by atomic mass is 9.73. The fourth-order valence-electron chi connectivity index (χ4n) is 3.12. The van der Waals surface area contributed by atoms with Gasteiger partial charge in [-0.3, -0.25) is 4.79 Å². The Morgan fingerprint density at radius 2 is 2.10 bits per heavy atom. The van der Waals surface area contributed by atoms with E-state index in [4.69, 9.17) is 5.11 Å². The van der Waals surface area contributed by atoms with E-state index in [2.05, 4.69) is 29.9 Å². The zero-order chi connectivity index (χ0) is 15.3. The van der Waals surface area contributed by atoms with Gasteiger partial charge in [0.25, 0.3) is 0 Å². The number of hydrogen-bond acceptors (Lipinski definition) is 3. The molecule has 0 saturated heterocycles. The Kier molecular flexibility index (Phi) is 5.34. The molecule has 1 heterocycles. The lowest BCUT2D eigenvalue weighted by Crippen LogP contribution is -2.25. The van der Waals surface area contributed by atoms with Gasteiger partial charge in [0.05, 0.1) is 0 Å². The van der Waals surface area contributed by atoms with Crippen LogP contribution in [0, 0.1) is 6.92 Å². The second kappa shape index (κ2) is 7.03. The van der Waals surface area contributed by atoms with Gasteiger partial charge in [0.1, 0.15) is 0 Å². The monoisotopic (exact) mass is 305 g/mol.